The van der Waals surface area contributed by atoms with E-state index < -0.39 is 18.1 Å². The number of nitrogens with zero attached hydrogens (tertiary/aromatic N) is 1. The number of aliphatic hydroxyl groups is 1. The zero-order valence-corrected chi connectivity index (χ0v) is 11.2. The number of fused-ring (bicyclic) bond motifs is 1. The fourth-order valence-corrected chi connectivity index (χ4v) is 3.97. The molecule has 5 nitrogen and oxygen atoms in total. The van der Waals surface area contributed by atoms with Crippen LogP contribution in [-0.2, 0) is 14.3 Å². The van der Waals surface area contributed by atoms with Gasteiger partial charge >= 0.3 is 5.97 Å². The zero-order chi connectivity index (χ0) is 13.6. The van der Waals surface area contributed by atoms with Crippen LogP contribution in [0.15, 0.2) is 0 Å². The molecule has 3 fully saturated rings. The van der Waals surface area contributed by atoms with Crippen molar-refractivity contribution in [2.24, 2.45) is 17.8 Å². The SMILES string of the molecule is COC(=O)C1CC(O)CN1C(=O)C1C2CCCCC21. The summed E-state index contributed by atoms with van der Waals surface area (Å²) in [4.78, 5) is 25.8. The van der Waals surface area contributed by atoms with Gasteiger partial charge in [-0.05, 0) is 24.7 Å². The maximum Gasteiger partial charge on any atom is 0.328 e. The molecule has 0 aromatic rings. The number of ether oxygens (including phenoxy) is 1. The summed E-state index contributed by atoms with van der Waals surface area (Å²) in [5.74, 6) is 0.798. The molecule has 0 aromatic heterocycles. The van der Waals surface area contributed by atoms with Crippen LogP contribution in [0.4, 0.5) is 0 Å². The molecule has 1 heterocycles. The Bertz CT molecular complexity index is 385. The molecule has 5 heteroatoms. The molecule has 3 aliphatic rings. The molecule has 106 valence electrons. The Balaban J connectivity index is 1.70. The number of aliphatic hydroxyl groups excluding tert-OH is 1. The van der Waals surface area contributed by atoms with Gasteiger partial charge in [0.05, 0.1) is 13.2 Å². The lowest BCUT2D eigenvalue weighted by atomic mass is 10.0. The van der Waals surface area contributed by atoms with Gasteiger partial charge in [0.25, 0.3) is 0 Å². The molecule has 0 bridgehead atoms. The highest BCUT2D eigenvalue weighted by atomic mass is 16.5. The van der Waals surface area contributed by atoms with Crippen LogP contribution >= 0.6 is 0 Å². The normalized spacial score (nSPS) is 40.7. The van der Waals surface area contributed by atoms with E-state index in [2.05, 4.69) is 0 Å². The van der Waals surface area contributed by atoms with E-state index in [9.17, 15) is 14.7 Å². The van der Waals surface area contributed by atoms with E-state index in [1.54, 1.807) is 4.90 Å². The minimum absolute atomic E-state index is 0.0591. The molecule has 4 unspecified atom stereocenters. The van der Waals surface area contributed by atoms with E-state index in [1.807, 2.05) is 0 Å². The first-order chi connectivity index (χ1) is 9.13. The van der Waals surface area contributed by atoms with Crippen LogP contribution < -0.4 is 0 Å². The molecule has 0 radical (unpaired) electrons. The standard InChI is InChI=1S/C14H21NO4/c1-19-14(18)11-6-8(16)7-15(11)13(17)12-9-4-2-3-5-10(9)12/h8-12,16H,2-7H2,1H3. The number of carbonyl (C=O) groups excluding carboxylic acids is 2. The quantitative estimate of drug-likeness (QED) is 0.742. The number of amides is 1. The summed E-state index contributed by atoms with van der Waals surface area (Å²) in [7, 11) is 1.33. The van der Waals surface area contributed by atoms with Crippen molar-refractivity contribution in [3.63, 3.8) is 0 Å². The number of carbonyl (C=O) groups is 2. The first kappa shape index (κ1) is 12.9. The van der Waals surface area contributed by atoms with Gasteiger partial charge in [-0.1, -0.05) is 12.8 Å². The van der Waals surface area contributed by atoms with Crippen LogP contribution in [0.1, 0.15) is 32.1 Å². The van der Waals surface area contributed by atoms with Crippen molar-refractivity contribution in [3.8, 4) is 0 Å². The summed E-state index contributed by atoms with van der Waals surface area (Å²) in [6, 6.07) is -0.588. The van der Waals surface area contributed by atoms with Crippen LogP contribution in [0.3, 0.4) is 0 Å². The predicted octanol–water partition coefficient (Wildman–Crippen LogP) is 0.557. The average molecular weight is 267 g/mol. The van der Waals surface area contributed by atoms with Crippen molar-refractivity contribution in [2.45, 2.75) is 44.2 Å². The topological polar surface area (TPSA) is 66.8 Å². The molecular weight excluding hydrogens is 246 g/mol. The highest BCUT2D eigenvalue weighted by molar-refractivity contribution is 5.88. The molecule has 3 rings (SSSR count). The first-order valence-corrected chi connectivity index (χ1v) is 7.20. The minimum atomic E-state index is -0.603. The van der Waals surface area contributed by atoms with Gasteiger partial charge in [0.15, 0.2) is 0 Å². The maximum absolute atomic E-state index is 12.6. The number of hydrogen-bond acceptors (Lipinski definition) is 4. The van der Waals surface area contributed by atoms with Crippen LogP contribution in [-0.4, -0.2) is 47.7 Å². The number of β-amino-alcohol motifs (C(OH)–C–C–N with tert-alkyl or cyclic N) is 1. The van der Waals surface area contributed by atoms with E-state index in [-0.39, 0.29) is 18.4 Å². The Hall–Kier alpha value is -1.10. The molecule has 2 aliphatic carbocycles. The van der Waals surface area contributed by atoms with Gasteiger partial charge in [0.2, 0.25) is 5.91 Å². The van der Waals surface area contributed by atoms with E-state index in [0.29, 0.717) is 18.3 Å². The summed E-state index contributed by atoms with van der Waals surface area (Å²) in [5, 5.41) is 9.72. The molecule has 2 saturated carbocycles. The largest absolute Gasteiger partial charge is 0.467 e. The predicted molar refractivity (Wildman–Crippen MR) is 67.1 cm³/mol. The second-order valence-corrected chi connectivity index (χ2v) is 6.06. The van der Waals surface area contributed by atoms with Crippen molar-refractivity contribution in [2.75, 3.05) is 13.7 Å². The van der Waals surface area contributed by atoms with Crippen LogP contribution in [0, 0.1) is 17.8 Å². The molecular formula is C14H21NO4. The monoisotopic (exact) mass is 267 g/mol. The van der Waals surface area contributed by atoms with Crippen LogP contribution in [0.2, 0.25) is 0 Å². The highest BCUT2D eigenvalue weighted by Crippen LogP contribution is 2.56. The Morgan fingerprint density at radius 1 is 1.21 bits per heavy atom. The van der Waals surface area contributed by atoms with Gasteiger partial charge in [0, 0.05) is 18.9 Å². The molecule has 4 atom stereocenters. The molecule has 19 heavy (non-hydrogen) atoms. The Morgan fingerprint density at radius 2 is 1.84 bits per heavy atom. The van der Waals surface area contributed by atoms with Crippen molar-refractivity contribution in [1.29, 1.82) is 0 Å². The summed E-state index contributed by atoms with van der Waals surface area (Å²) in [6.07, 6.45) is 4.41. The van der Waals surface area contributed by atoms with Crippen LogP contribution in [0.25, 0.3) is 0 Å². The summed E-state index contributed by atoms with van der Waals surface area (Å²) < 4.78 is 4.74. The Labute approximate surface area is 112 Å². The maximum atomic E-state index is 12.6. The van der Waals surface area contributed by atoms with E-state index in [1.165, 1.54) is 20.0 Å². The number of hydrogen-bond donors (Lipinski definition) is 1. The summed E-state index contributed by atoms with van der Waals surface area (Å²) >= 11 is 0. The van der Waals surface area contributed by atoms with Crippen molar-refractivity contribution < 1.29 is 19.4 Å². The van der Waals surface area contributed by atoms with Crippen LogP contribution in [0.5, 0.6) is 0 Å². The smallest absolute Gasteiger partial charge is 0.328 e. The van der Waals surface area contributed by atoms with Gasteiger partial charge in [-0.3, -0.25) is 4.79 Å². The fraction of sp³-hybridized carbons (Fsp3) is 0.857. The van der Waals surface area contributed by atoms with Gasteiger partial charge in [0.1, 0.15) is 6.04 Å². The van der Waals surface area contributed by atoms with E-state index in [4.69, 9.17) is 4.74 Å². The fourth-order valence-electron chi connectivity index (χ4n) is 3.97. The van der Waals surface area contributed by atoms with Gasteiger partial charge < -0.3 is 14.7 Å². The van der Waals surface area contributed by atoms with Crippen molar-refractivity contribution in [1.82, 2.24) is 4.90 Å². The van der Waals surface area contributed by atoms with Gasteiger partial charge in [-0.15, -0.1) is 0 Å². The number of esters is 1. The van der Waals surface area contributed by atoms with Gasteiger partial charge in [-0.25, -0.2) is 4.79 Å². The average Bonchev–Trinajstić information content (AvgIpc) is 3.03. The Morgan fingerprint density at radius 3 is 2.42 bits per heavy atom. The van der Waals surface area contributed by atoms with Crippen molar-refractivity contribution in [3.05, 3.63) is 0 Å². The third-order valence-corrected chi connectivity index (χ3v) is 4.98. The molecule has 1 saturated heterocycles. The molecule has 1 amide bonds. The van der Waals surface area contributed by atoms with Crippen molar-refractivity contribution >= 4 is 11.9 Å². The molecule has 1 aliphatic heterocycles. The lowest BCUT2D eigenvalue weighted by Gasteiger charge is -2.22. The molecule has 0 spiro atoms. The number of methoxy groups -OCH3 is 1. The Kier molecular flexibility index (Phi) is 3.25. The van der Waals surface area contributed by atoms with Gasteiger partial charge in [-0.2, -0.15) is 0 Å². The van der Waals surface area contributed by atoms with E-state index in [0.717, 1.165) is 12.8 Å². The zero-order valence-electron chi connectivity index (χ0n) is 11.2. The highest BCUT2D eigenvalue weighted by Gasteiger charge is 2.57. The lowest BCUT2D eigenvalue weighted by molar-refractivity contribution is -0.151. The minimum Gasteiger partial charge on any atom is -0.467 e. The first-order valence-electron chi connectivity index (χ1n) is 7.20. The summed E-state index contributed by atoms with van der Waals surface area (Å²) in [5.41, 5.74) is 0. The second kappa shape index (κ2) is 4.78. The lowest BCUT2D eigenvalue weighted by Crippen LogP contribution is -2.42. The summed E-state index contributed by atoms with van der Waals surface area (Å²) in [6.45, 7) is 0.272. The third-order valence-electron chi connectivity index (χ3n) is 4.98. The number of likely N-dealkylation sites (tertiary alicyclic amines) is 1. The van der Waals surface area contributed by atoms with E-state index >= 15 is 0 Å². The molecule has 0 aromatic carbocycles. The molecule has 1 N–H and O–H groups in total. The second-order valence-electron chi connectivity index (χ2n) is 6.06. The number of rotatable bonds is 2. The third kappa shape index (κ3) is 2.14.